The molecule has 3 aromatic heterocycles. The van der Waals surface area contributed by atoms with E-state index in [1.807, 2.05) is 12.1 Å². The normalized spacial score (nSPS) is 12.1. The van der Waals surface area contributed by atoms with Gasteiger partial charge in [-0.15, -0.1) is 0 Å². The van der Waals surface area contributed by atoms with Crippen molar-refractivity contribution in [1.82, 2.24) is 19.1 Å². The van der Waals surface area contributed by atoms with Crippen LogP contribution in [0, 0.1) is 13.8 Å². The molecule has 5 heteroatoms. The number of aromatic nitrogens is 4. The van der Waals surface area contributed by atoms with Gasteiger partial charge in [-0.2, -0.15) is 0 Å². The average molecular weight is 597 g/mol. The molecule has 222 valence electrons. The van der Waals surface area contributed by atoms with Gasteiger partial charge in [0.1, 0.15) is 5.75 Å². The minimum atomic E-state index is 0.825. The van der Waals surface area contributed by atoms with Gasteiger partial charge in [-0.05, 0) is 122 Å². The Labute approximate surface area is 268 Å². The maximum Gasteiger partial charge on any atom is 0.118 e. The summed E-state index contributed by atoms with van der Waals surface area (Å²) < 4.78 is 10.1. The number of ether oxygens (including phenoxy) is 1. The number of benzene rings is 3. The molecule has 0 saturated carbocycles. The molecule has 8 rings (SSSR count). The van der Waals surface area contributed by atoms with Crippen LogP contribution in [0.2, 0.25) is 0 Å². The van der Waals surface area contributed by atoms with Crippen molar-refractivity contribution in [2.45, 2.75) is 13.8 Å². The van der Waals surface area contributed by atoms with Gasteiger partial charge < -0.3 is 13.9 Å². The third-order valence-corrected chi connectivity index (χ3v) is 8.66. The first-order chi connectivity index (χ1) is 22.5. The Balaban J connectivity index is 1.50. The number of hydrogen-bond acceptors (Lipinski definition) is 3. The van der Waals surface area contributed by atoms with Gasteiger partial charge in [0.05, 0.1) is 35.4 Å². The monoisotopic (exact) mass is 596 g/mol. The van der Waals surface area contributed by atoms with Crippen LogP contribution in [0.3, 0.4) is 0 Å². The lowest BCUT2D eigenvalue weighted by Gasteiger charge is -2.11. The van der Waals surface area contributed by atoms with Crippen LogP contribution in [0.5, 0.6) is 5.75 Å². The van der Waals surface area contributed by atoms with E-state index >= 15 is 0 Å². The van der Waals surface area contributed by atoms with Crippen molar-refractivity contribution in [3.05, 3.63) is 149 Å². The quantitative estimate of drug-likeness (QED) is 0.203. The summed E-state index contributed by atoms with van der Waals surface area (Å²) in [7, 11) is 1.69. The number of hydrogen-bond donors (Lipinski definition) is 0. The summed E-state index contributed by atoms with van der Waals surface area (Å²) in [5, 5.41) is 0. The second-order valence-electron chi connectivity index (χ2n) is 11.7. The van der Waals surface area contributed by atoms with Crippen LogP contribution in [0.25, 0.3) is 68.9 Å². The Bertz CT molecular complexity index is 2370. The lowest BCUT2D eigenvalue weighted by molar-refractivity contribution is 0.415. The van der Waals surface area contributed by atoms with E-state index in [2.05, 4.69) is 150 Å². The van der Waals surface area contributed by atoms with E-state index in [0.29, 0.717) is 0 Å². The Morgan fingerprint density at radius 1 is 0.500 bits per heavy atom. The lowest BCUT2D eigenvalue weighted by Crippen LogP contribution is -1.97. The lowest BCUT2D eigenvalue weighted by atomic mass is 10.1. The fraction of sp³-hybridized carbons (Fsp3) is 0.0732. The molecule has 0 spiro atoms. The minimum Gasteiger partial charge on any atom is -0.497 e. The summed E-state index contributed by atoms with van der Waals surface area (Å²) in [6.07, 6.45) is 8.37. The molecule has 2 aliphatic rings. The van der Waals surface area contributed by atoms with Crippen molar-refractivity contribution in [3.63, 3.8) is 0 Å². The molecule has 5 heterocycles. The molecule has 0 radical (unpaired) electrons. The van der Waals surface area contributed by atoms with Gasteiger partial charge in [0, 0.05) is 33.5 Å². The predicted molar refractivity (Wildman–Crippen MR) is 190 cm³/mol. The molecule has 0 N–H and O–H groups in total. The summed E-state index contributed by atoms with van der Waals surface area (Å²) in [6.45, 7) is 4.30. The van der Waals surface area contributed by atoms with Crippen molar-refractivity contribution in [2.75, 3.05) is 7.11 Å². The van der Waals surface area contributed by atoms with E-state index in [1.165, 1.54) is 11.1 Å². The first-order valence-electron chi connectivity index (χ1n) is 15.4. The molecular weight excluding hydrogens is 564 g/mol. The van der Waals surface area contributed by atoms with E-state index in [4.69, 9.17) is 14.7 Å². The summed E-state index contributed by atoms with van der Waals surface area (Å²) >= 11 is 0. The number of rotatable bonds is 4. The number of fused-ring (bicyclic) bond motifs is 8. The molecule has 3 aromatic carbocycles. The van der Waals surface area contributed by atoms with Crippen molar-refractivity contribution in [2.24, 2.45) is 0 Å². The van der Waals surface area contributed by atoms with Gasteiger partial charge in [-0.3, -0.25) is 0 Å². The second kappa shape index (κ2) is 11.2. The molecule has 8 bridgehead atoms. The maximum absolute atomic E-state index is 5.48. The summed E-state index contributed by atoms with van der Waals surface area (Å²) in [4.78, 5) is 10.2. The molecule has 6 aromatic rings. The highest BCUT2D eigenvalue weighted by molar-refractivity contribution is 5.91. The zero-order valence-corrected chi connectivity index (χ0v) is 26.0. The first kappa shape index (κ1) is 27.6. The number of methoxy groups -OCH3 is 1. The van der Waals surface area contributed by atoms with E-state index in [1.54, 1.807) is 7.11 Å². The molecule has 0 fully saturated rings. The Kier molecular flexibility index (Phi) is 6.72. The number of aryl methyl sites for hydroxylation is 2. The largest absolute Gasteiger partial charge is 0.497 e. The smallest absolute Gasteiger partial charge is 0.118 e. The van der Waals surface area contributed by atoms with Crippen LogP contribution in [0.15, 0.2) is 115 Å². The molecule has 0 saturated heterocycles. The molecule has 0 unspecified atom stereocenters. The molecule has 5 nitrogen and oxygen atoms in total. The topological polar surface area (TPSA) is 44.9 Å². The standard InChI is InChI=1S/C41H32N4O/c1-27-8-4-6-10-39(27)44-34-18-19-35(44)23-31-16-17-33(43-31)25-41-38(29-12-20-37(46-3)21-13-29)26-36(24-32-15-14-30(22-34)42-32)45(41)40-11-7-5-9-28(40)2/h4-26H,1-3H3. The highest BCUT2D eigenvalue weighted by atomic mass is 16.5. The summed E-state index contributed by atoms with van der Waals surface area (Å²) in [5.41, 5.74) is 14.6. The first-order valence-corrected chi connectivity index (χ1v) is 15.4. The molecule has 2 aliphatic heterocycles. The third kappa shape index (κ3) is 4.92. The van der Waals surface area contributed by atoms with E-state index in [-0.39, 0.29) is 0 Å². The van der Waals surface area contributed by atoms with Gasteiger partial charge in [0.15, 0.2) is 0 Å². The highest BCUT2D eigenvalue weighted by Crippen LogP contribution is 2.35. The molecular formula is C41H32N4O. The van der Waals surface area contributed by atoms with Crippen molar-refractivity contribution in [1.29, 1.82) is 0 Å². The summed E-state index contributed by atoms with van der Waals surface area (Å²) in [6, 6.07) is 40.4. The average Bonchev–Trinajstić information content (AvgIpc) is 3.86. The Morgan fingerprint density at radius 2 is 1.00 bits per heavy atom. The Morgan fingerprint density at radius 3 is 1.54 bits per heavy atom. The van der Waals surface area contributed by atoms with Gasteiger partial charge in [0.25, 0.3) is 0 Å². The Hall–Kier alpha value is -5.94. The number of para-hydroxylation sites is 2. The SMILES string of the molecule is COc1ccc(-c2cc3cc4nc(cc5ccc(cc6nc(cc2n3-c2ccccc2C)C=C6)n5-c2ccccc2C)C=C4)cc1. The van der Waals surface area contributed by atoms with Gasteiger partial charge in [-0.25, -0.2) is 9.97 Å². The fourth-order valence-electron chi connectivity index (χ4n) is 6.37. The van der Waals surface area contributed by atoms with Gasteiger partial charge in [-0.1, -0.05) is 48.5 Å². The van der Waals surface area contributed by atoms with Crippen LogP contribution < -0.4 is 4.74 Å². The van der Waals surface area contributed by atoms with Crippen LogP contribution in [0.4, 0.5) is 0 Å². The number of nitrogens with zero attached hydrogens (tertiary/aromatic N) is 4. The molecule has 0 aliphatic carbocycles. The van der Waals surface area contributed by atoms with Crippen molar-refractivity contribution >= 4 is 46.4 Å². The zero-order chi connectivity index (χ0) is 31.2. The molecule has 0 atom stereocenters. The van der Waals surface area contributed by atoms with E-state index < -0.39 is 0 Å². The predicted octanol–water partition coefficient (Wildman–Crippen LogP) is 9.87. The highest BCUT2D eigenvalue weighted by Gasteiger charge is 2.15. The maximum atomic E-state index is 5.48. The summed E-state index contributed by atoms with van der Waals surface area (Å²) in [5.74, 6) is 0.825. The second-order valence-corrected chi connectivity index (χ2v) is 11.7. The van der Waals surface area contributed by atoms with E-state index in [9.17, 15) is 0 Å². The van der Waals surface area contributed by atoms with Crippen LogP contribution >= 0.6 is 0 Å². The van der Waals surface area contributed by atoms with Gasteiger partial charge >= 0.3 is 0 Å². The third-order valence-electron chi connectivity index (χ3n) is 8.66. The van der Waals surface area contributed by atoms with Crippen LogP contribution in [0.1, 0.15) is 33.9 Å². The van der Waals surface area contributed by atoms with Gasteiger partial charge in [0.2, 0.25) is 0 Å². The van der Waals surface area contributed by atoms with Crippen molar-refractivity contribution < 1.29 is 4.74 Å². The fourth-order valence-corrected chi connectivity index (χ4v) is 6.37. The van der Waals surface area contributed by atoms with Crippen LogP contribution in [-0.4, -0.2) is 26.2 Å². The molecule has 46 heavy (non-hydrogen) atoms. The zero-order valence-electron chi connectivity index (χ0n) is 26.0. The van der Waals surface area contributed by atoms with Crippen molar-refractivity contribution in [3.8, 4) is 28.3 Å². The van der Waals surface area contributed by atoms with E-state index in [0.717, 1.165) is 73.1 Å². The minimum absolute atomic E-state index is 0.825. The molecule has 0 amide bonds. The van der Waals surface area contributed by atoms with Crippen LogP contribution in [-0.2, 0) is 0 Å².